The number of rotatable bonds is 4. The van der Waals surface area contributed by atoms with Crippen LogP contribution in [0, 0.1) is 12.7 Å². The third-order valence-corrected chi connectivity index (χ3v) is 2.66. The van der Waals surface area contributed by atoms with Gasteiger partial charge in [0.15, 0.2) is 0 Å². The lowest BCUT2D eigenvalue weighted by molar-refractivity contribution is 0.102. The van der Waals surface area contributed by atoms with E-state index >= 15 is 0 Å². The quantitative estimate of drug-likeness (QED) is 0.899. The van der Waals surface area contributed by atoms with Gasteiger partial charge < -0.3 is 10.6 Å². The van der Waals surface area contributed by atoms with Crippen LogP contribution in [0.1, 0.15) is 23.0 Å². The number of halogens is 1. The summed E-state index contributed by atoms with van der Waals surface area (Å²) >= 11 is 0. The molecule has 2 rings (SSSR count). The van der Waals surface area contributed by atoms with Crippen molar-refractivity contribution in [1.29, 1.82) is 0 Å². The lowest BCUT2D eigenvalue weighted by Crippen LogP contribution is -2.13. The molecule has 0 fully saturated rings. The highest BCUT2D eigenvalue weighted by molar-refractivity contribution is 6.04. The molecule has 2 N–H and O–H groups in total. The normalized spacial score (nSPS) is 10.2. The Labute approximate surface area is 117 Å². The average molecular weight is 273 g/mol. The molecule has 0 atom stereocenters. The first-order valence-electron chi connectivity index (χ1n) is 6.38. The van der Waals surface area contributed by atoms with Gasteiger partial charge in [0.25, 0.3) is 5.91 Å². The number of benzene rings is 1. The molecule has 4 nitrogen and oxygen atoms in total. The van der Waals surface area contributed by atoms with Crippen molar-refractivity contribution >= 4 is 17.4 Å². The van der Waals surface area contributed by atoms with Crippen molar-refractivity contribution in [3.63, 3.8) is 0 Å². The fourth-order valence-electron chi connectivity index (χ4n) is 1.84. The number of carbonyl (C=O) groups excluding carboxylic acids is 1. The molecule has 1 amide bonds. The Hall–Kier alpha value is -2.43. The Kier molecular flexibility index (Phi) is 4.30. The maximum Gasteiger partial charge on any atom is 0.255 e. The molecule has 20 heavy (non-hydrogen) atoms. The summed E-state index contributed by atoms with van der Waals surface area (Å²) in [7, 11) is 0. The Bertz CT molecular complexity index is 628. The van der Waals surface area contributed by atoms with Crippen molar-refractivity contribution < 1.29 is 9.18 Å². The minimum atomic E-state index is -0.387. The molecule has 0 saturated heterocycles. The van der Waals surface area contributed by atoms with Gasteiger partial charge in [-0.1, -0.05) is 6.07 Å². The highest BCUT2D eigenvalue weighted by atomic mass is 19.1. The topological polar surface area (TPSA) is 54.0 Å². The zero-order chi connectivity index (χ0) is 14.5. The fourth-order valence-corrected chi connectivity index (χ4v) is 1.84. The van der Waals surface area contributed by atoms with E-state index < -0.39 is 0 Å². The van der Waals surface area contributed by atoms with Gasteiger partial charge in [0.1, 0.15) is 11.6 Å². The van der Waals surface area contributed by atoms with Crippen molar-refractivity contribution in [2.75, 3.05) is 17.2 Å². The van der Waals surface area contributed by atoms with Crippen LogP contribution in [0.2, 0.25) is 0 Å². The predicted octanol–water partition coefficient (Wildman–Crippen LogP) is 3.21. The number of amides is 1. The number of anilines is 2. The SMILES string of the molecule is CCNc1cc(C(=O)Nc2cccc(F)c2)cc(C)n1. The summed E-state index contributed by atoms with van der Waals surface area (Å²) in [6.07, 6.45) is 0. The zero-order valence-electron chi connectivity index (χ0n) is 11.4. The van der Waals surface area contributed by atoms with E-state index in [-0.39, 0.29) is 11.7 Å². The van der Waals surface area contributed by atoms with Crippen LogP contribution in [0.4, 0.5) is 15.9 Å². The molecule has 2 aromatic rings. The van der Waals surface area contributed by atoms with E-state index in [0.29, 0.717) is 17.1 Å². The number of carbonyl (C=O) groups is 1. The van der Waals surface area contributed by atoms with Gasteiger partial charge in [-0.25, -0.2) is 9.37 Å². The first kappa shape index (κ1) is 14.0. The van der Waals surface area contributed by atoms with E-state index in [1.165, 1.54) is 12.1 Å². The molecule has 0 bridgehead atoms. The van der Waals surface area contributed by atoms with Crippen molar-refractivity contribution in [2.45, 2.75) is 13.8 Å². The highest BCUT2D eigenvalue weighted by Gasteiger charge is 2.09. The van der Waals surface area contributed by atoms with Crippen molar-refractivity contribution in [1.82, 2.24) is 4.98 Å². The second-order valence-corrected chi connectivity index (χ2v) is 4.38. The molecule has 5 heteroatoms. The highest BCUT2D eigenvalue weighted by Crippen LogP contribution is 2.14. The van der Waals surface area contributed by atoms with Crippen molar-refractivity contribution in [3.05, 3.63) is 53.5 Å². The van der Waals surface area contributed by atoms with Gasteiger partial charge in [-0.2, -0.15) is 0 Å². The Morgan fingerprint density at radius 1 is 1.30 bits per heavy atom. The first-order chi connectivity index (χ1) is 9.58. The molecule has 0 saturated carbocycles. The summed E-state index contributed by atoms with van der Waals surface area (Å²) in [6.45, 7) is 4.50. The van der Waals surface area contributed by atoms with Crippen LogP contribution in [0.25, 0.3) is 0 Å². The van der Waals surface area contributed by atoms with E-state index in [9.17, 15) is 9.18 Å². The molecule has 1 heterocycles. The number of hydrogen-bond acceptors (Lipinski definition) is 3. The second-order valence-electron chi connectivity index (χ2n) is 4.38. The molecule has 0 aliphatic carbocycles. The number of pyridine rings is 1. The van der Waals surface area contributed by atoms with Gasteiger partial charge in [0.2, 0.25) is 0 Å². The van der Waals surface area contributed by atoms with Gasteiger partial charge in [0, 0.05) is 23.5 Å². The predicted molar refractivity (Wildman–Crippen MR) is 77.5 cm³/mol. The number of aryl methyl sites for hydroxylation is 1. The van der Waals surface area contributed by atoms with Crippen LogP contribution >= 0.6 is 0 Å². The molecule has 0 radical (unpaired) electrons. The first-order valence-corrected chi connectivity index (χ1v) is 6.38. The minimum absolute atomic E-state index is 0.291. The molecule has 0 aliphatic heterocycles. The molecule has 0 aliphatic rings. The standard InChI is InChI=1S/C15H16FN3O/c1-3-17-14-8-11(7-10(2)18-14)15(20)19-13-6-4-5-12(16)9-13/h4-9H,3H2,1-2H3,(H,17,18)(H,19,20). The van der Waals surface area contributed by atoms with E-state index in [0.717, 1.165) is 12.2 Å². The third kappa shape index (κ3) is 3.54. The summed E-state index contributed by atoms with van der Waals surface area (Å²) in [5, 5.41) is 5.73. The largest absolute Gasteiger partial charge is 0.370 e. The van der Waals surface area contributed by atoms with E-state index in [2.05, 4.69) is 15.6 Å². The number of aromatic nitrogens is 1. The minimum Gasteiger partial charge on any atom is -0.370 e. The summed E-state index contributed by atoms with van der Waals surface area (Å²) in [5.41, 5.74) is 1.65. The van der Waals surface area contributed by atoms with Gasteiger partial charge in [-0.05, 0) is 44.2 Å². The third-order valence-electron chi connectivity index (χ3n) is 2.66. The summed E-state index contributed by atoms with van der Waals surface area (Å²) < 4.78 is 13.1. The van der Waals surface area contributed by atoms with Crippen LogP contribution in [0.5, 0.6) is 0 Å². The Balaban J connectivity index is 2.20. The van der Waals surface area contributed by atoms with Crippen LogP contribution in [-0.4, -0.2) is 17.4 Å². The molecular formula is C15H16FN3O. The zero-order valence-corrected chi connectivity index (χ0v) is 11.4. The molecule has 1 aromatic carbocycles. The lowest BCUT2D eigenvalue weighted by Gasteiger charge is -2.09. The maximum absolute atomic E-state index is 13.1. The smallest absolute Gasteiger partial charge is 0.255 e. The fraction of sp³-hybridized carbons (Fsp3) is 0.200. The molecule has 0 spiro atoms. The van der Waals surface area contributed by atoms with E-state index in [1.807, 2.05) is 13.8 Å². The lowest BCUT2D eigenvalue weighted by atomic mass is 10.2. The van der Waals surface area contributed by atoms with Gasteiger partial charge in [-0.15, -0.1) is 0 Å². The average Bonchev–Trinajstić information content (AvgIpc) is 2.38. The van der Waals surface area contributed by atoms with Crippen LogP contribution < -0.4 is 10.6 Å². The van der Waals surface area contributed by atoms with Crippen LogP contribution in [0.15, 0.2) is 36.4 Å². The number of hydrogen-bond donors (Lipinski definition) is 2. The summed E-state index contributed by atoms with van der Waals surface area (Å²) in [6, 6.07) is 9.15. The van der Waals surface area contributed by atoms with Crippen molar-refractivity contribution in [3.8, 4) is 0 Å². The monoisotopic (exact) mass is 273 g/mol. The summed E-state index contributed by atoms with van der Waals surface area (Å²) in [5.74, 6) is -0.0285. The van der Waals surface area contributed by atoms with Crippen molar-refractivity contribution in [2.24, 2.45) is 0 Å². The van der Waals surface area contributed by atoms with Crippen LogP contribution in [0.3, 0.4) is 0 Å². The maximum atomic E-state index is 13.1. The van der Waals surface area contributed by atoms with Crippen LogP contribution in [-0.2, 0) is 0 Å². The van der Waals surface area contributed by atoms with Gasteiger partial charge in [0.05, 0.1) is 0 Å². The Morgan fingerprint density at radius 2 is 2.10 bits per heavy atom. The number of nitrogens with zero attached hydrogens (tertiary/aromatic N) is 1. The second kappa shape index (κ2) is 6.14. The Morgan fingerprint density at radius 3 is 2.80 bits per heavy atom. The van der Waals surface area contributed by atoms with Gasteiger partial charge >= 0.3 is 0 Å². The van der Waals surface area contributed by atoms with E-state index in [1.54, 1.807) is 24.3 Å². The molecule has 104 valence electrons. The number of nitrogens with one attached hydrogen (secondary N) is 2. The summed E-state index contributed by atoms with van der Waals surface area (Å²) in [4.78, 5) is 16.4. The van der Waals surface area contributed by atoms with E-state index in [4.69, 9.17) is 0 Å². The van der Waals surface area contributed by atoms with Gasteiger partial charge in [-0.3, -0.25) is 4.79 Å². The molecule has 1 aromatic heterocycles. The molecular weight excluding hydrogens is 257 g/mol. The molecule has 0 unspecified atom stereocenters.